The Morgan fingerprint density at radius 1 is 1.21 bits per heavy atom. The average Bonchev–Trinajstić information content (AvgIpc) is 3.14. The molecule has 124 valence electrons. The molecule has 2 heterocycles. The molecular weight excluding hydrogens is 369 g/mol. The van der Waals surface area contributed by atoms with Gasteiger partial charge in [-0.1, -0.05) is 11.6 Å². The number of halogens is 2. The second-order valence-corrected chi connectivity index (χ2v) is 7.68. The second-order valence-electron chi connectivity index (χ2n) is 4.88. The Morgan fingerprint density at radius 3 is 2.58 bits per heavy atom. The molecule has 7 heteroatoms. The number of hydrogen-bond acceptors (Lipinski definition) is 5. The van der Waals surface area contributed by atoms with Crippen molar-refractivity contribution in [2.75, 3.05) is 6.61 Å². The average molecular weight is 382 g/mol. The van der Waals surface area contributed by atoms with E-state index in [1.165, 1.54) is 34.8 Å². The lowest BCUT2D eigenvalue weighted by Crippen LogP contribution is -2.06. The van der Waals surface area contributed by atoms with E-state index in [9.17, 15) is 9.18 Å². The van der Waals surface area contributed by atoms with Gasteiger partial charge in [0.05, 0.1) is 27.9 Å². The van der Waals surface area contributed by atoms with E-state index in [-0.39, 0.29) is 18.2 Å². The number of benzene rings is 1. The van der Waals surface area contributed by atoms with Crippen molar-refractivity contribution in [2.45, 2.75) is 13.3 Å². The van der Waals surface area contributed by atoms with Gasteiger partial charge in [0, 0.05) is 10.4 Å². The molecule has 0 N–H and O–H groups in total. The third-order valence-electron chi connectivity index (χ3n) is 3.21. The van der Waals surface area contributed by atoms with Crippen molar-refractivity contribution in [3.05, 3.63) is 51.4 Å². The Balaban J connectivity index is 2.01. The van der Waals surface area contributed by atoms with E-state index in [1.54, 1.807) is 25.1 Å². The van der Waals surface area contributed by atoms with Gasteiger partial charge in [-0.2, -0.15) is 0 Å². The summed E-state index contributed by atoms with van der Waals surface area (Å²) in [5.41, 5.74) is 1.53. The SMILES string of the molecule is CCOC(=O)Cc1sc(-c2ccc(F)cc2)nc1-c1ccc(Cl)s1. The summed E-state index contributed by atoms with van der Waals surface area (Å²) in [6.45, 7) is 2.11. The van der Waals surface area contributed by atoms with Crippen LogP contribution in [0.25, 0.3) is 21.1 Å². The van der Waals surface area contributed by atoms with Crippen LogP contribution in [-0.2, 0) is 16.0 Å². The van der Waals surface area contributed by atoms with Crippen molar-refractivity contribution >= 4 is 40.2 Å². The first-order valence-corrected chi connectivity index (χ1v) is 9.25. The summed E-state index contributed by atoms with van der Waals surface area (Å²) >= 11 is 8.83. The van der Waals surface area contributed by atoms with Gasteiger partial charge in [0.15, 0.2) is 0 Å². The van der Waals surface area contributed by atoms with E-state index < -0.39 is 0 Å². The standard InChI is InChI=1S/C17H13ClFNO2S2/c1-2-22-15(21)9-13-16(12-7-8-14(18)23-12)20-17(24-13)10-3-5-11(19)6-4-10/h3-8H,2,9H2,1H3. The molecule has 0 bridgehead atoms. The monoisotopic (exact) mass is 381 g/mol. The highest BCUT2D eigenvalue weighted by Gasteiger charge is 2.19. The van der Waals surface area contributed by atoms with Crippen molar-refractivity contribution in [1.29, 1.82) is 0 Å². The molecule has 2 aromatic heterocycles. The number of thiophene rings is 1. The molecule has 3 aromatic rings. The van der Waals surface area contributed by atoms with Gasteiger partial charge < -0.3 is 4.74 Å². The van der Waals surface area contributed by atoms with Crippen molar-refractivity contribution in [1.82, 2.24) is 4.98 Å². The first-order valence-electron chi connectivity index (χ1n) is 7.23. The Kier molecular flexibility index (Phi) is 5.28. The minimum atomic E-state index is -0.299. The van der Waals surface area contributed by atoms with Gasteiger partial charge in [-0.25, -0.2) is 9.37 Å². The van der Waals surface area contributed by atoms with Crippen LogP contribution < -0.4 is 0 Å². The Bertz CT molecular complexity index is 858. The highest BCUT2D eigenvalue weighted by molar-refractivity contribution is 7.20. The lowest BCUT2D eigenvalue weighted by atomic mass is 10.2. The largest absolute Gasteiger partial charge is 0.466 e. The number of aromatic nitrogens is 1. The fraction of sp³-hybridized carbons (Fsp3) is 0.176. The van der Waals surface area contributed by atoms with E-state index in [1.807, 2.05) is 6.07 Å². The van der Waals surface area contributed by atoms with Gasteiger partial charge in [-0.3, -0.25) is 4.79 Å². The molecule has 0 saturated carbocycles. The molecular formula is C17H13ClFNO2S2. The minimum absolute atomic E-state index is 0.150. The molecule has 0 fully saturated rings. The Hall–Kier alpha value is -1.76. The fourth-order valence-corrected chi connectivity index (χ4v) is 4.36. The molecule has 0 saturated heterocycles. The van der Waals surface area contributed by atoms with Crippen molar-refractivity contribution < 1.29 is 13.9 Å². The number of esters is 1. The molecule has 0 unspecified atom stereocenters. The summed E-state index contributed by atoms with van der Waals surface area (Å²) in [5.74, 6) is -0.594. The molecule has 3 nitrogen and oxygen atoms in total. The van der Waals surface area contributed by atoms with Gasteiger partial charge in [0.2, 0.25) is 0 Å². The lowest BCUT2D eigenvalue weighted by molar-refractivity contribution is -0.142. The zero-order chi connectivity index (χ0) is 17.1. The molecule has 0 aliphatic heterocycles. The number of nitrogens with zero attached hydrogens (tertiary/aromatic N) is 1. The van der Waals surface area contributed by atoms with Crippen LogP contribution in [-0.4, -0.2) is 17.6 Å². The first-order chi connectivity index (χ1) is 11.6. The fourth-order valence-electron chi connectivity index (χ4n) is 2.16. The zero-order valence-electron chi connectivity index (χ0n) is 12.7. The van der Waals surface area contributed by atoms with Crippen molar-refractivity contribution in [3.63, 3.8) is 0 Å². The first kappa shape index (κ1) is 17.1. The third kappa shape index (κ3) is 3.83. The molecule has 0 spiro atoms. The quantitative estimate of drug-likeness (QED) is 0.552. The van der Waals surface area contributed by atoms with Crippen LogP contribution in [0, 0.1) is 5.82 Å². The minimum Gasteiger partial charge on any atom is -0.466 e. The summed E-state index contributed by atoms with van der Waals surface area (Å²) in [6.07, 6.45) is 0.150. The summed E-state index contributed by atoms with van der Waals surface area (Å²) in [6, 6.07) is 9.81. The molecule has 0 radical (unpaired) electrons. The van der Waals surface area contributed by atoms with Crippen LogP contribution in [0.3, 0.4) is 0 Å². The van der Waals surface area contributed by atoms with Gasteiger partial charge in [0.25, 0.3) is 0 Å². The maximum atomic E-state index is 13.1. The third-order valence-corrected chi connectivity index (χ3v) is 5.55. The van der Waals surface area contributed by atoms with E-state index >= 15 is 0 Å². The van der Waals surface area contributed by atoms with E-state index in [2.05, 4.69) is 4.98 Å². The van der Waals surface area contributed by atoms with Gasteiger partial charge in [-0.05, 0) is 43.3 Å². The van der Waals surface area contributed by atoms with Crippen molar-refractivity contribution in [2.24, 2.45) is 0 Å². The molecule has 0 aliphatic rings. The Labute approximate surface area is 151 Å². The highest BCUT2D eigenvalue weighted by Crippen LogP contribution is 2.38. The van der Waals surface area contributed by atoms with Crippen LogP contribution in [0.1, 0.15) is 11.8 Å². The highest BCUT2D eigenvalue weighted by atomic mass is 35.5. The number of carbonyl (C=O) groups is 1. The van der Waals surface area contributed by atoms with Crippen LogP contribution >= 0.6 is 34.3 Å². The summed E-state index contributed by atoms with van der Waals surface area (Å²) in [7, 11) is 0. The van der Waals surface area contributed by atoms with Gasteiger partial charge >= 0.3 is 5.97 Å². The van der Waals surface area contributed by atoms with Gasteiger partial charge in [0.1, 0.15) is 10.8 Å². The predicted octanol–water partition coefficient (Wildman–Crippen LogP) is 5.44. The normalized spacial score (nSPS) is 10.8. The number of hydrogen-bond donors (Lipinski definition) is 0. The summed E-state index contributed by atoms with van der Waals surface area (Å²) < 4.78 is 18.8. The van der Waals surface area contributed by atoms with E-state index in [0.717, 1.165) is 26.0 Å². The molecule has 0 atom stereocenters. The maximum Gasteiger partial charge on any atom is 0.311 e. The van der Waals surface area contributed by atoms with Crippen LogP contribution in [0.15, 0.2) is 36.4 Å². The number of ether oxygens (including phenoxy) is 1. The molecule has 0 amide bonds. The summed E-state index contributed by atoms with van der Waals surface area (Å²) in [5, 5.41) is 0.730. The molecule has 3 rings (SSSR count). The van der Waals surface area contributed by atoms with Crippen LogP contribution in [0.2, 0.25) is 4.34 Å². The molecule has 0 aliphatic carbocycles. The van der Waals surface area contributed by atoms with Crippen LogP contribution in [0.5, 0.6) is 0 Å². The number of rotatable bonds is 5. The second kappa shape index (κ2) is 7.42. The smallest absolute Gasteiger partial charge is 0.311 e. The number of carbonyl (C=O) groups excluding carboxylic acids is 1. The molecule has 1 aromatic carbocycles. The van der Waals surface area contributed by atoms with Crippen LogP contribution in [0.4, 0.5) is 4.39 Å². The zero-order valence-corrected chi connectivity index (χ0v) is 15.1. The molecule has 24 heavy (non-hydrogen) atoms. The Morgan fingerprint density at radius 2 is 1.96 bits per heavy atom. The topological polar surface area (TPSA) is 39.2 Å². The van der Waals surface area contributed by atoms with E-state index in [0.29, 0.717) is 10.9 Å². The predicted molar refractivity (Wildman–Crippen MR) is 96.2 cm³/mol. The number of thiazole rings is 1. The summed E-state index contributed by atoms with van der Waals surface area (Å²) in [4.78, 5) is 18.2. The van der Waals surface area contributed by atoms with Crippen molar-refractivity contribution in [3.8, 4) is 21.1 Å². The maximum absolute atomic E-state index is 13.1. The van der Waals surface area contributed by atoms with E-state index in [4.69, 9.17) is 16.3 Å². The van der Waals surface area contributed by atoms with Gasteiger partial charge in [-0.15, -0.1) is 22.7 Å². The lowest BCUT2D eigenvalue weighted by Gasteiger charge is -2.01.